The van der Waals surface area contributed by atoms with E-state index >= 15 is 0 Å². The lowest BCUT2D eigenvalue weighted by Gasteiger charge is -2.30. The lowest BCUT2D eigenvalue weighted by atomic mass is 9.99. The molecule has 0 aliphatic carbocycles. The van der Waals surface area contributed by atoms with Crippen molar-refractivity contribution in [3.8, 4) is 0 Å². The molecular formula is C15H29N3O3S. The Bertz CT molecular complexity index is 472. The van der Waals surface area contributed by atoms with E-state index < -0.39 is 16.1 Å². The summed E-state index contributed by atoms with van der Waals surface area (Å²) in [5, 5.41) is 2.90. The summed E-state index contributed by atoms with van der Waals surface area (Å²) in [4.78, 5) is 14.6. The Kier molecular flexibility index (Phi) is 6.23. The van der Waals surface area contributed by atoms with E-state index in [1.165, 1.54) is 23.4 Å². The maximum absolute atomic E-state index is 12.2. The molecule has 128 valence electrons. The molecule has 6 nitrogen and oxygen atoms in total. The fourth-order valence-corrected chi connectivity index (χ4v) is 4.44. The van der Waals surface area contributed by atoms with Crippen LogP contribution in [-0.2, 0) is 14.8 Å². The Morgan fingerprint density at radius 1 is 1.18 bits per heavy atom. The van der Waals surface area contributed by atoms with Crippen molar-refractivity contribution in [2.24, 2.45) is 5.92 Å². The zero-order chi connectivity index (χ0) is 16.2. The molecule has 1 amide bonds. The molecule has 0 spiro atoms. The van der Waals surface area contributed by atoms with Crippen molar-refractivity contribution < 1.29 is 13.2 Å². The molecule has 0 aromatic carbocycles. The maximum Gasteiger partial charge on any atom is 0.238 e. The average Bonchev–Trinajstić information content (AvgIpc) is 2.95. The second-order valence-electron chi connectivity index (χ2n) is 6.70. The van der Waals surface area contributed by atoms with Gasteiger partial charge >= 0.3 is 0 Å². The third-order valence-corrected chi connectivity index (χ3v) is 6.05. The van der Waals surface area contributed by atoms with Gasteiger partial charge in [0, 0.05) is 13.1 Å². The van der Waals surface area contributed by atoms with Crippen LogP contribution in [0.15, 0.2) is 0 Å². The molecule has 2 aliphatic heterocycles. The molecular weight excluding hydrogens is 302 g/mol. The molecule has 0 aromatic rings. The predicted octanol–water partition coefficient (Wildman–Crippen LogP) is 0.649. The van der Waals surface area contributed by atoms with Crippen molar-refractivity contribution in [2.75, 3.05) is 39.0 Å². The Labute approximate surface area is 134 Å². The number of nitrogens with zero attached hydrogens (tertiary/aromatic N) is 2. The summed E-state index contributed by atoms with van der Waals surface area (Å²) in [7, 11) is -3.29. The molecule has 2 aliphatic rings. The second-order valence-corrected chi connectivity index (χ2v) is 8.64. The minimum absolute atomic E-state index is 0.143. The summed E-state index contributed by atoms with van der Waals surface area (Å²) in [6.07, 6.45) is 6.01. The van der Waals surface area contributed by atoms with E-state index in [0.717, 1.165) is 38.4 Å². The third-order valence-electron chi connectivity index (χ3n) is 4.76. The predicted molar refractivity (Wildman–Crippen MR) is 87.0 cm³/mol. The van der Waals surface area contributed by atoms with Crippen LogP contribution >= 0.6 is 0 Å². The molecule has 2 heterocycles. The standard InChI is InChI=1S/C15H29N3O3S/c1-13-6-11-17(12-7-13)9-4-8-16-15(19)14-5-3-10-18(14)22(2,20)21/h13-14H,3-12H2,1-2H3,(H,16,19). The van der Waals surface area contributed by atoms with E-state index in [9.17, 15) is 13.2 Å². The highest BCUT2D eigenvalue weighted by molar-refractivity contribution is 7.88. The van der Waals surface area contributed by atoms with Gasteiger partial charge in [0.05, 0.1) is 6.26 Å². The quantitative estimate of drug-likeness (QED) is 0.726. The Morgan fingerprint density at radius 3 is 2.50 bits per heavy atom. The van der Waals surface area contributed by atoms with E-state index in [1.54, 1.807) is 0 Å². The molecule has 0 bridgehead atoms. The largest absolute Gasteiger partial charge is 0.355 e. The van der Waals surface area contributed by atoms with Crippen LogP contribution in [0.3, 0.4) is 0 Å². The van der Waals surface area contributed by atoms with Gasteiger partial charge in [-0.05, 0) is 57.7 Å². The smallest absolute Gasteiger partial charge is 0.238 e. The Balaban J connectivity index is 1.67. The summed E-state index contributed by atoms with van der Waals surface area (Å²) < 4.78 is 24.6. The first-order chi connectivity index (χ1) is 10.4. The highest BCUT2D eigenvalue weighted by Gasteiger charge is 2.36. The van der Waals surface area contributed by atoms with Crippen molar-refractivity contribution in [2.45, 2.75) is 45.1 Å². The second kappa shape index (κ2) is 7.75. The number of amides is 1. The monoisotopic (exact) mass is 331 g/mol. The van der Waals surface area contributed by atoms with E-state index in [2.05, 4.69) is 17.1 Å². The van der Waals surface area contributed by atoms with E-state index in [0.29, 0.717) is 19.5 Å². The molecule has 7 heteroatoms. The van der Waals surface area contributed by atoms with Gasteiger partial charge in [-0.3, -0.25) is 4.79 Å². The van der Waals surface area contributed by atoms with Crippen LogP contribution in [0.2, 0.25) is 0 Å². The number of carbonyl (C=O) groups excluding carboxylic acids is 1. The normalized spacial score (nSPS) is 25.5. The fourth-order valence-electron chi connectivity index (χ4n) is 3.32. The molecule has 1 unspecified atom stereocenters. The Morgan fingerprint density at radius 2 is 1.86 bits per heavy atom. The van der Waals surface area contributed by atoms with Crippen molar-refractivity contribution >= 4 is 15.9 Å². The van der Waals surface area contributed by atoms with Crippen LogP contribution in [0.4, 0.5) is 0 Å². The van der Waals surface area contributed by atoms with Crippen molar-refractivity contribution in [3.63, 3.8) is 0 Å². The number of piperidine rings is 1. The number of nitrogens with one attached hydrogen (secondary N) is 1. The van der Waals surface area contributed by atoms with Crippen molar-refractivity contribution in [1.29, 1.82) is 0 Å². The zero-order valence-corrected chi connectivity index (χ0v) is 14.6. The molecule has 1 N–H and O–H groups in total. The van der Waals surface area contributed by atoms with Gasteiger partial charge in [-0.1, -0.05) is 6.92 Å². The molecule has 22 heavy (non-hydrogen) atoms. The van der Waals surface area contributed by atoms with Gasteiger partial charge in [0.1, 0.15) is 6.04 Å². The highest BCUT2D eigenvalue weighted by Crippen LogP contribution is 2.20. The van der Waals surface area contributed by atoms with Gasteiger partial charge in [0.2, 0.25) is 15.9 Å². The van der Waals surface area contributed by atoms with Crippen LogP contribution < -0.4 is 5.32 Å². The first kappa shape index (κ1) is 17.7. The average molecular weight is 331 g/mol. The van der Waals surface area contributed by atoms with Gasteiger partial charge in [-0.25, -0.2) is 8.42 Å². The van der Waals surface area contributed by atoms with Crippen molar-refractivity contribution in [1.82, 2.24) is 14.5 Å². The molecule has 2 fully saturated rings. The third kappa shape index (κ3) is 4.93. The van der Waals surface area contributed by atoms with Gasteiger partial charge in [0.15, 0.2) is 0 Å². The lowest BCUT2D eigenvalue weighted by Crippen LogP contribution is -2.46. The summed E-state index contributed by atoms with van der Waals surface area (Å²) in [6.45, 7) is 6.70. The van der Waals surface area contributed by atoms with Crippen LogP contribution in [-0.4, -0.2) is 68.6 Å². The van der Waals surface area contributed by atoms with Gasteiger partial charge < -0.3 is 10.2 Å². The van der Waals surface area contributed by atoms with Gasteiger partial charge in [-0.2, -0.15) is 4.31 Å². The first-order valence-corrected chi connectivity index (χ1v) is 10.2. The molecule has 0 radical (unpaired) electrons. The molecule has 1 atom stereocenters. The SMILES string of the molecule is CC1CCN(CCCNC(=O)C2CCCN2S(C)(=O)=O)CC1. The van der Waals surface area contributed by atoms with Crippen LogP contribution in [0.5, 0.6) is 0 Å². The van der Waals surface area contributed by atoms with Crippen LogP contribution in [0, 0.1) is 5.92 Å². The molecule has 2 saturated heterocycles. The Hall–Kier alpha value is -0.660. The van der Waals surface area contributed by atoms with E-state index in [4.69, 9.17) is 0 Å². The minimum atomic E-state index is -3.29. The molecule has 0 saturated carbocycles. The minimum Gasteiger partial charge on any atom is -0.355 e. The highest BCUT2D eigenvalue weighted by atomic mass is 32.2. The van der Waals surface area contributed by atoms with E-state index in [1.807, 2.05) is 0 Å². The number of hydrogen-bond donors (Lipinski definition) is 1. The number of carbonyl (C=O) groups is 1. The fraction of sp³-hybridized carbons (Fsp3) is 0.933. The topological polar surface area (TPSA) is 69.7 Å². The number of rotatable bonds is 6. The first-order valence-electron chi connectivity index (χ1n) is 8.35. The van der Waals surface area contributed by atoms with Crippen LogP contribution in [0.25, 0.3) is 0 Å². The summed E-state index contributed by atoms with van der Waals surface area (Å²) in [5.41, 5.74) is 0. The summed E-state index contributed by atoms with van der Waals surface area (Å²) in [6, 6.07) is -0.508. The molecule has 0 aromatic heterocycles. The maximum atomic E-state index is 12.2. The lowest BCUT2D eigenvalue weighted by molar-refractivity contribution is -0.124. The summed E-state index contributed by atoms with van der Waals surface area (Å²) >= 11 is 0. The van der Waals surface area contributed by atoms with Crippen LogP contribution in [0.1, 0.15) is 39.0 Å². The van der Waals surface area contributed by atoms with E-state index in [-0.39, 0.29) is 5.91 Å². The number of likely N-dealkylation sites (tertiary alicyclic amines) is 1. The number of hydrogen-bond acceptors (Lipinski definition) is 4. The molecule has 2 rings (SSSR count). The zero-order valence-electron chi connectivity index (χ0n) is 13.8. The summed E-state index contributed by atoms with van der Waals surface area (Å²) in [5.74, 6) is 0.690. The van der Waals surface area contributed by atoms with Gasteiger partial charge in [0.25, 0.3) is 0 Å². The van der Waals surface area contributed by atoms with Crippen molar-refractivity contribution in [3.05, 3.63) is 0 Å². The van der Waals surface area contributed by atoms with Gasteiger partial charge in [-0.15, -0.1) is 0 Å². The number of sulfonamides is 1.